The molecule has 0 amide bonds. The lowest BCUT2D eigenvalue weighted by atomic mass is 10.1. The largest absolute Gasteiger partial charge is 0.293 e. The fraction of sp³-hybridized carbons (Fsp3) is 0.222. The Morgan fingerprint density at radius 3 is 2.62 bits per heavy atom. The van der Waals surface area contributed by atoms with E-state index in [0.29, 0.717) is 0 Å². The summed E-state index contributed by atoms with van der Waals surface area (Å²) in [6.45, 7) is 0. The highest BCUT2D eigenvalue weighted by Gasteiger charge is 2.16. The molecule has 0 unspecified atom stereocenters. The molecule has 0 spiro atoms. The van der Waals surface area contributed by atoms with E-state index in [1.807, 2.05) is 0 Å². The summed E-state index contributed by atoms with van der Waals surface area (Å²) in [6, 6.07) is 4.00. The zero-order valence-electron chi connectivity index (χ0n) is 8.33. The fourth-order valence-electron chi connectivity index (χ4n) is 1.08. The van der Waals surface area contributed by atoms with Crippen molar-refractivity contribution in [2.45, 2.75) is 4.90 Å². The summed E-state index contributed by atoms with van der Waals surface area (Å²) in [5.41, 5.74) is 0.190. The van der Waals surface area contributed by atoms with Gasteiger partial charge in [0.2, 0.25) is 10.0 Å². The third kappa shape index (κ3) is 2.82. The van der Waals surface area contributed by atoms with Crippen molar-refractivity contribution in [3.63, 3.8) is 0 Å². The van der Waals surface area contributed by atoms with E-state index in [0.717, 1.165) is 0 Å². The van der Waals surface area contributed by atoms with Gasteiger partial charge in [-0.3, -0.25) is 4.79 Å². The highest BCUT2D eigenvalue weighted by molar-refractivity contribution is 9.09. The summed E-state index contributed by atoms with van der Waals surface area (Å²) >= 11 is 8.81. The number of benzene rings is 1. The molecule has 1 N–H and O–H groups in total. The summed E-state index contributed by atoms with van der Waals surface area (Å²) in [6.07, 6.45) is 0. The van der Waals surface area contributed by atoms with Gasteiger partial charge < -0.3 is 0 Å². The Bertz CT molecular complexity index is 515. The zero-order valence-corrected chi connectivity index (χ0v) is 11.5. The van der Waals surface area contributed by atoms with Gasteiger partial charge in [0.05, 0.1) is 15.2 Å². The average Bonchev–Trinajstić information content (AvgIpc) is 2.28. The van der Waals surface area contributed by atoms with E-state index in [1.165, 1.54) is 25.2 Å². The molecule has 0 aromatic heterocycles. The Morgan fingerprint density at radius 2 is 2.12 bits per heavy atom. The lowest BCUT2D eigenvalue weighted by Gasteiger charge is -2.06. The number of rotatable bonds is 4. The number of hydrogen-bond donors (Lipinski definition) is 1. The van der Waals surface area contributed by atoms with Gasteiger partial charge in [-0.2, -0.15) is 0 Å². The van der Waals surface area contributed by atoms with Crippen molar-refractivity contribution in [2.75, 3.05) is 12.4 Å². The second kappa shape index (κ2) is 5.27. The molecular weight excluding hydrogens is 318 g/mol. The molecular formula is C9H9BrClNO3S. The molecule has 0 saturated heterocycles. The molecule has 0 bridgehead atoms. The second-order valence-electron chi connectivity index (χ2n) is 2.91. The van der Waals surface area contributed by atoms with Gasteiger partial charge in [0, 0.05) is 5.56 Å². The van der Waals surface area contributed by atoms with Crippen LogP contribution in [0.4, 0.5) is 0 Å². The van der Waals surface area contributed by atoms with Crippen LogP contribution in [0.3, 0.4) is 0 Å². The van der Waals surface area contributed by atoms with Crippen LogP contribution in [-0.4, -0.2) is 26.6 Å². The quantitative estimate of drug-likeness (QED) is 0.678. The van der Waals surface area contributed by atoms with Crippen LogP contribution in [0, 0.1) is 0 Å². The van der Waals surface area contributed by atoms with E-state index < -0.39 is 10.0 Å². The molecule has 0 aliphatic carbocycles. The monoisotopic (exact) mass is 325 g/mol. The van der Waals surface area contributed by atoms with Crippen molar-refractivity contribution in [1.82, 2.24) is 4.72 Å². The molecule has 1 aromatic carbocycles. The maximum absolute atomic E-state index is 11.5. The zero-order chi connectivity index (χ0) is 12.3. The first kappa shape index (κ1) is 13.6. The Hall–Kier alpha value is -0.430. The third-order valence-electron chi connectivity index (χ3n) is 1.94. The van der Waals surface area contributed by atoms with Gasteiger partial charge in [-0.25, -0.2) is 13.1 Å². The normalized spacial score (nSPS) is 11.4. The van der Waals surface area contributed by atoms with Crippen LogP contribution in [0.5, 0.6) is 0 Å². The van der Waals surface area contributed by atoms with Gasteiger partial charge >= 0.3 is 0 Å². The summed E-state index contributed by atoms with van der Waals surface area (Å²) in [7, 11) is -2.25. The molecule has 0 fully saturated rings. The Balaban J connectivity index is 3.34. The number of halogens is 2. The minimum Gasteiger partial charge on any atom is -0.293 e. The van der Waals surface area contributed by atoms with Crippen molar-refractivity contribution in [3.05, 3.63) is 28.8 Å². The number of alkyl halides is 1. The number of sulfonamides is 1. The minimum absolute atomic E-state index is 0.0173. The second-order valence-corrected chi connectivity index (χ2v) is 5.76. The Labute approximate surface area is 107 Å². The van der Waals surface area contributed by atoms with Crippen molar-refractivity contribution < 1.29 is 13.2 Å². The lowest BCUT2D eigenvalue weighted by molar-refractivity contribution is 0.102. The lowest BCUT2D eigenvalue weighted by Crippen LogP contribution is -2.19. The van der Waals surface area contributed by atoms with Gasteiger partial charge in [0.1, 0.15) is 0 Å². The van der Waals surface area contributed by atoms with Crippen LogP contribution in [0.15, 0.2) is 23.1 Å². The van der Waals surface area contributed by atoms with E-state index in [9.17, 15) is 13.2 Å². The van der Waals surface area contributed by atoms with Crippen LogP contribution < -0.4 is 4.72 Å². The number of carbonyl (C=O) groups excluding carboxylic acids is 1. The van der Waals surface area contributed by atoms with Crippen LogP contribution in [0.25, 0.3) is 0 Å². The van der Waals surface area contributed by atoms with Crippen LogP contribution >= 0.6 is 27.5 Å². The first-order valence-corrected chi connectivity index (χ1v) is 7.23. The van der Waals surface area contributed by atoms with Crippen molar-refractivity contribution >= 4 is 43.3 Å². The number of carbonyl (C=O) groups is 1. The predicted octanol–water partition coefficient (Wildman–Crippen LogP) is 1.83. The van der Waals surface area contributed by atoms with E-state index in [-0.39, 0.29) is 26.6 Å². The van der Waals surface area contributed by atoms with E-state index in [1.54, 1.807) is 0 Å². The molecule has 0 aliphatic rings. The highest BCUT2D eigenvalue weighted by Crippen LogP contribution is 2.21. The summed E-state index contributed by atoms with van der Waals surface area (Å²) < 4.78 is 25.2. The molecule has 0 atom stereocenters. The summed E-state index contributed by atoms with van der Waals surface area (Å²) in [4.78, 5) is 11.5. The standard InChI is InChI=1S/C9H9BrClNO3S/c1-12-16(14,15)6-2-3-8(11)7(4-6)9(13)5-10/h2-4,12H,5H2,1H3. The summed E-state index contributed by atoms with van der Waals surface area (Å²) in [5.74, 6) is -0.266. The number of nitrogens with one attached hydrogen (secondary N) is 1. The van der Waals surface area contributed by atoms with Gasteiger partial charge in [-0.15, -0.1) is 0 Å². The summed E-state index contributed by atoms with van der Waals surface area (Å²) in [5, 5.41) is 0.329. The highest BCUT2D eigenvalue weighted by atomic mass is 79.9. The maximum Gasteiger partial charge on any atom is 0.240 e. The fourth-order valence-corrected chi connectivity index (χ4v) is 2.36. The Kier molecular flexibility index (Phi) is 4.49. The molecule has 7 heteroatoms. The number of hydrogen-bond acceptors (Lipinski definition) is 3. The van der Waals surface area contributed by atoms with Crippen LogP contribution in [-0.2, 0) is 10.0 Å². The van der Waals surface area contributed by atoms with Crippen LogP contribution in [0.2, 0.25) is 5.02 Å². The van der Waals surface area contributed by atoms with Crippen molar-refractivity contribution in [2.24, 2.45) is 0 Å². The molecule has 0 heterocycles. The predicted molar refractivity (Wildman–Crippen MR) is 65.8 cm³/mol. The van der Waals surface area contributed by atoms with E-state index in [4.69, 9.17) is 11.6 Å². The van der Waals surface area contributed by atoms with Gasteiger partial charge in [-0.1, -0.05) is 27.5 Å². The molecule has 4 nitrogen and oxygen atoms in total. The smallest absolute Gasteiger partial charge is 0.240 e. The first-order valence-electron chi connectivity index (χ1n) is 4.24. The third-order valence-corrected chi connectivity index (χ3v) is 4.19. The van der Waals surface area contributed by atoms with Crippen molar-refractivity contribution in [3.8, 4) is 0 Å². The molecule has 88 valence electrons. The van der Waals surface area contributed by atoms with Crippen molar-refractivity contribution in [1.29, 1.82) is 0 Å². The topological polar surface area (TPSA) is 63.2 Å². The molecule has 16 heavy (non-hydrogen) atoms. The molecule has 1 aromatic rings. The van der Waals surface area contributed by atoms with Gasteiger partial charge in [0.15, 0.2) is 5.78 Å². The van der Waals surface area contributed by atoms with E-state index in [2.05, 4.69) is 20.7 Å². The van der Waals surface area contributed by atoms with Gasteiger partial charge in [0.25, 0.3) is 0 Å². The SMILES string of the molecule is CNS(=O)(=O)c1ccc(Cl)c(C(=O)CBr)c1. The molecule has 1 rings (SSSR count). The number of ketones is 1. The minimum atomic E-state index is -3.56. The first-order chi connectivity index (χ1) is 7.42. The molecule has 0 radical (unpaired) electrons. The maximum atomic E-state index is 11.5. The Morgan fingerprint density at radius 1 is 1.50 bits per heavy atom. The molecule has 0 aliphatic heterocycles. The average molecular weight is 327 g/mol. The number of Topliss-reactive ketones (excluding diaryl/α,β-unsaturated/α-hetero) is 1. The molecule has 0 saturated carbocycles. The van der Waals surface area contributed by atoms with Gasteiger partial charge in [-0.05, 0) is 25.2 Å². The van der Waals surface area contributed by atoms with E-state index >= 15 is 0 Å². The van der Waals surface area contributed by atoms with Crippen LogP contribution in [0.1, 0.15) is 10.4 Å².